The van der Waals surface area contributed by atoms with Crippen LogP contribution in [0.5, 0.6) is 0 Å². The lowest BCUT2D eigenvalue weighted by atomic mass is 10.1. The molecule has 0 bridgehead atoms. The minimum absolute atomic E-state index is 0.258. The van der Waals surface area contributed by atoms with Crippen molar-refractivity contribution in [1.82, 2.24) is 0 Å². The molecule has 0 saturated carbocycles. The van der Waals surface area contributed by atoms with Gasteiger partial charge in [0.25, 0.3) is 0 Å². The van der Waals surface area contributed by atoms with E-state index in [9.17, 15) is 4.79 Å². The normalized spacial score (nSPS) is 10.4. The fourth-order valence-corrected chi connectivity index (χ4v) is 0.737. The molecule has 0 aromatic heterocycles. The number of Topliss-reactive ketones (excluding diaryl/α,β-unsaturated/α-hetero) is 1. The van der Waals surface area contributed by atoms with Crippen molar-refractivity contribution < 1.29 is 9.63 Å². The molecule has 3 nitrogen and oxygen atoms in total. The number of unbranched alkanes of at least 4 members (excludes halogenated alkanes) is 2. The van der Waals surface area contributed by atoms with Gasteiger partial charge in [-0.1, -0.05) is 5.16 Å². The van der Waals surface area contributed by atoms with Gasteiger partial charge in [0.2, 0.25) is 0 Å². The molecular formula is C8H15NO2. The number of hydrogen-bond acceptors (Lipinski definition) is 3. The topological polar surface area (TPSA) is 38.7 Å². The van der Waals surface area contributed by atoms with Gasteiger partial charge in [0, 0.05) is 12.6 Å². The second-order valence-electron chi connectivity index (χ2n) is 2.42. The molecule has 64 valence electrons. The first-order chi connectivity index (χ1) is 5.27. The van der Waals surface area contributed by atoms with Crippen LogP contribution in [0.4, 0.5) is 0 Å². The Bertz CT molecular complexity index is 132. The third-order valence-electron chi connectivity index (χ3n) is 1.29. The van der Waals surface area contributed by atoms with Crippen LogP contribution in [0.25, 0.3) is 0 Å². The van der Waals surface area contributed by atoms with E-state index in [-0.39, 0.29) is 5.78 Å². The summed E-state index contributed by atoms with van der Waals surface area (Å²) in [5, 5.41) is 3.58. The third-order valence-corrected chi connectivity index (χ3v) is 1.29. The van der Waals surface area contributed by atoms with E-state index in [2.05, 4.69) is 9.99 Å². The van der Waals surface area contributed by atoms with E-state index in [4.69, 9.17) is 0 Å². The van der Waals surface area contributed by atoms with Crippen molar-refractivity contribution in [1.29, 1.82) is 0 Å². The number of oxime groups is 1. The van der Waals surface area contributed by atoms with Crippen molar-refractivity contribution in [3.05, 3.63) is 0 Å². The summed E-state index contributed by atoms with van der Waals surface area (Å²) in [7, 11) is 1.52. The van der Waals surface area contributed by atoms with E-state index in [1.807, 2.05) is 0 Å². The summed E-state index contributed by atoms with van der Waals surface area (Å²) in [6.07, 6.45) is 5.25. The van der Waals surface area contributed by atoms with Crippen molar-refractivity contribution in [2.75, 3.05) is 7.11 Å². The van der Waals surface area contributed by atoms with Crippen LogP contribution in [0.15, 0.2) is 5.16 Å². The molecule has 0 heterocycles. The van der Waals surface area contributed by atoms with Gasteiger partial charge in [-0.2, -0.15) is 0 Å². The van der Waals surface area contributed by atoms with E-state index in [0.29, 0.717) is 6.42 Å². The molecule has 0 aromatic rings. The zero-order chi connectivity index (χ0) is 8.53. The Morgan fingerprint density at radius 3 is 2.82 bits per heavy atom. The summed E-state index contributed by atoms with van der Waals surface area (Å²) in [5.41, 5.74) is 0. The van der Waals surface area contributed by atoms with Crippen LogP contribution in [0.3, 0.4) is 0 Å². The van der Waals surface area contributed by atoms with Crippen molar-refractivity contribution in [3.63, 3.8) is 0 Å². The van der Waals surface area contributed by atoms with Crippen molar-refractivity contribution in [3.8, 4) is 0 Å². The highest BCUT2D eigenvalue weighted by molar-refractivity contribution is 5.75. The Morgan fingerprint density at radius 2 is 2.27 bits per heavy atom. The molecule has 11 heavy (non-hydrogen) atoms. The molecule has 0 fully saturated rings. The predicted molar refractivity (Wildman–Crippen MR) is 44.7 cm³/mol. The molecule has 0 radical (unpaired) electrons. The Kier molecular flexibility index (Phi) is 6.68. The maximum absolute atomic E-state index is 10.5. The van der Waals surface area contributed by atoms with Gasteiger partial charge in [-0.05, 0) is 26.2 Å². The van der Waals surface area contributed by atoms with Crippen LogP contribution in [0, 0.1) is 0 Å². The first-order valence-electron chi connectivity index (χ1n) is 3.81. The summed E-state index contributed by atoms with van der Waals surface area (Å²) < 4.78 is 0. The van der Waals surface area contributed by atoms with E-state index in [0.717, 1.165) is 19.3 Å². The highest BCUT2D eigenvalue weighted by Crippen LogP contribution is 1.98. The van der Waals surface area contributed by atoms with Gasteiger partial charge in [0.1, 0.15) is 12.9 Å². The highest BCUT2D eigenvalue weighted by Gasteiger charge is 1.91. The average Bonchev–Trinajstić information content (AvgIpc) is 1.96. The second kappa shape index (κ2) is 7.25. The van der Waals surface area contributed by atoms with E-state index in [1.165, 1.54) is 7.11 Å². The maximum atomic E-state index is 10.5. The second-order valence-corrected chi connectivity index (χ2v) is 2.42. The first-order valence-corrected chi connectivity index (χ1v) is 3.81. The van der Waals surface area contributed by atoms with Gasteiger partial charge in [0.15, 0.2) is 0 Å². The lowest BCUT2D eigenvalue weighted by Crippen LogP contribution is -1.89. The van der Waals surface area contributed by atoms with E-state index >= 15 is 0 Å². The van der Waals surface area contributed by atoms with Crippen LogP contribution in [0.1, 0.15) is 32.6 Å². The molecule has 0 aliphatic carbocycles. The minimum atomic E-state index is 0.258. The molecule has 0 aromatic carbocycles. The number of carbonyl (C=O) groups is 1. The summed E-state index contributed by atoms with van der Waals surface area (Å²) in [4.78, 5) is 14.9. The highest BCUT2D eigenvalue weighted by atomic mass is 16.6. The average molecular weight is 157 g/mol. The lowest BCUT2D eigenvalue weighted by Gasteiger charge is -1.92. The standard InChI is InChI=1S/C8H15NO2/c1-8(10)6-4-3-5-7-9-11-2/h7H,3-6H2,1-2H3/b9-7+. The van der Waals surface area contributed by atoms with E-state index < -0.39 is 0 Å². The molecule has 0 spiro atoms. The predicted octanol–water partition coefficient (Wildman–Crippen LogP) is 1.77. The molecule has 0 unspecified atom stereocenters. The number of ketones is 1. The van der Waals surface area contributed by atoms with Crippen molar-refractivity contribution in [2.45, 2.75) is 32.6 Å². The largest absolute Gasteiger partial charge is 0.399 e. The van der Waals surface area contributed by atoms with Gasteiger partial charge < -0.3 is 9.63 Å². The van der Waals surface area contributed by atoms with Crippen molar-refractivity contribution in [2.24, 2.45) is 5.16 Å². The fraction of sp³-hybridized carbons (Fsp3) is 0.750. The summed E-state index contributed by atoms with van der Waals surface area (Å²) in [5.74, 6) is 0.258. The molecule has 0 rings (SSSR count). The number of nitrogens with zero attached hydrogens (tertiary/aromatic N) is 1. The summed E-state index contributed by atoms with van der Waals surface area (Å²) in [6, 6.07) is 0. The molecule has 0 saturated heterocycles. The third kappa shape index (κ3) is 9.14. The molecule has 0 aliphatic heterocycles. The Labute approximate surface area is 67.4 Å². The summed E-state index contributed by atoms with van der Waals surface area (Å²) >= 11 is 0. The Balaban J connectivity index is 3.02. The Hall–Kier alpha value is -0.860. The maximum Gasteiger partial charge on any atom is 0.129 e. The molecular weight excluding hydrogens is 142 g/mol. The molecule has 0 aliphatic rings. The van der Waals surface area contributed by atoms with E-state index in [1.54, 1.807) is 13.1 Å². The first kappa shape index (κ1) is 10.1. The minimum Gasteiger partial charge on any atom is -0.399 e. The van der Waals surface area contributed by atoms with Crippen LogP contribution >= 0.6 is 0 Å². The van der Waals surface area contributed by atoms with Crippen LogP contribution in [-0.2, 0) is 9.63 Å². The monoisotopic (exact) mass is 157 g/mol. The van der Waals surface area contributed by atoms with Crippen LogP contribution in [0.2, 0.25) is 0 Å². The van der Waals surface area contributed by atoms with Gasteiger partial charge in [-0.25, -0.2) is 0 Å². The van der Waals surface area contributed by atoms with Gasteiger partial charge >= 0.3 is 0 Å². The van der Waals surface area contributed by atoms with Gasteiger partial charge in [-0.3, -0.25) is 0 Å². The number of hydrogen-bond donors (Lipinski definition) is 0. The zero-order valence-electron chi connectivity index (χ0n) is 7.17. The molecule has 0 N–H and O–H groups in total. The van der Waals surface area contributed by atoms with Gasteiger partial charge in [-0.15, -0.1) is 0 Å². The smallest absolute Gasteiger partial charge is 0.129 e. The van der Waals surface area contributed by atoms with Gasteiger partial charge in [0.05, 0.1) is 0 Å². The van der Waals surface area contributed by atoms with Crippen molar-refractivity contribution >= 4 is 12.0 Å². The zero-order valence-corrected chi connectivity index (χ0v) is 7.17. The molecule has 0 atom stereocenters. The fourth-order valence-electron chi connectivity index (χ4n) is 0.737. The lowest BCUT2D eigenvalue weighted by molar-refractivity contribution is -0.117. The summed E-state index contributed by atoms with van der Waals surface area (Å²) in [6.45, 7) is 1.61. The number of carbonyl (C=O) groups excluding carboxylic acids is 1. The number of rotatable bonds is 6. The molecule has 0 amide bonds. The van der Waals surface area contributed by atoms with Crippen LogP contribution < -0.4 is 0 Å². The SMILES string of the molecule is CO/N=C/CCCCC(C)=O. The van der Waals surface area contributed by atoms with Crippen LogP contribution in [-0.4, -0.2) is 19.1 Å². The molecule has 3 heteroatoms. The Morgan fingerprint density at radius 1 is 1.55 bits per heavy atom. The quantitative estimate of drug-likeness (QED) is 0.335.